The molecule has 1 heterocycles. The molecule has 5 heteroatoms. The van der Waals surface area contributed by atoms with Gasteiger partial charge < -0.3 is 0 Å². The summed E-state index contributed by atoms with van der Waals surface area (Å²) in [4.78, 5) is 0.417. The topological polar surface area (TPSA) is 37.4 Å². The maximum atomic E-state index is 13.0. The van der Waals surface area contributed by atoms with Crippen LogP contribution in [0.3, 0.4) is 0 Å². The van der Waals surface area contributed by atoms with Crippen LogP contribution in [0.1, 0.15) is 37.0 Å². The lowest BCUT2D eigenvalue weighted by molar-refractivity contribution is 0.212. The number of nitrogens with zero attached hydrogens (tertiary/aromatic N) is 1. The number of benzene rings is 1. The summed E-state index contributed by atoms with van der Waals surface area (Å²) in [6, 6.07) is 3.69. The molecule has 1 aliphatic heterocycles. The highest BCUT2D eigenvalue weighted by atomic mass is 35.5. The molecule has 0 N–H and O–H groups in total. The van der Waals surface area contributed by atoms with E-state index in [1.165, 1.54) is 0 Å². The zero-order chi connectivity index (χ0) is 15.8. The molecule has 0 saturated carbocycles. The third-order valence-corrected chi connectivity index (χ3v) is 7.05. The number of halogens is 1. The molecule has 3 nitrogen and oxygen atoms in total. The Morgan fingerprint density at radius 2 is 1.90 bits per heavy atom. The predicted octanol–water partition coefficient (Wildman–Crippen LogP) is 3.71. The molecule has 1 aliphatic rings. The zero-order valence-electron chi connectivity index (χ0n) is 13.2. The molecule has 2 unspecified atom stereocenters. The molecule has 0 aliphatic carbocycles. The van der Waals surface area contributed by atoms with Gasteiger partial charge >= 0.3 is 0 Å². The summed E-state index contributed by atoms with van der Waals surface area (Å²) in [6.07, 6.45) is 0.924. The van der Waals surface area contributed by atoms with E-state index in [1.54, 1.807) is 10.4 Å². The predicted molar refractivity (Wildman–Crippen MR) is 87.2 cm³/mol. The molecule has 1 aromatic rings. The summed E-state index contributed by atoms with van der Waals surface area (Å²) in [5.74, 6) is 1.30. The van der Waals surface area contributed by atoms with Gasteiger partial charge in [0.15, 0.2) is 0 Å². The summed E-state index contributed by atoms with van der Waals surface area (Å²) < 4.78 is 27.6. The van der Waals surface area contributed by atoms with Crippen LogP contribution in [-0.4, -0.2) is 25.8 Å². The van der Waals surface area contributed by atoms with Gasteiger partial charge in [0.2, 0.25) is 10.0 Å². The molecule has 0 aromatic heterocycles. The first-order chi connectivity index (χ1) is 9.77. The van der Waals surface area contributed by atoms with Crippen LogP contribution in [0.2, 0.25) is 0 Å². The number of piperidine rings is 1. The standard InChI is InChI=1S/C16H24ClNO2S/c1-11-5-6-18(10-13(11)3)21(19,20)16-8-15(9-17)7-12(2)14(16)4/h7-8,11,13H,5-6,9-10H2,1-4H3. The second-order valence-electron chi connectivity index (χ2n) is 6.28. The number of rotatable bonds is 3. The van der Waals surface area contributed by atoms with E-state index in [4.69, 9.17) is 11.6 Å². The minimum absolute atomic E-state index is 0.330. The Bertz CT molecular complexity index is 627. The fraction of sp³-hybridized carbons (Fsp3) is 0.625. The van der Waals surface area contributed by atoms with Gasteiger partial charge in [-0.15, -0.1) is 11.6 Å². The SMILES string of the molecule is Cc1cc(CCl)cc(S(=O)(=O)N2CCC(C)C(C)C2)c1C. The Balaban J connectivity index is 2.42. The molecule has 1 fully saturated rings. The van der Waals surface area contributed by atoms with Crippen LogP contribution < -0.4 is 0 Å². The molecule has 0 amide bonds. The highest BCUT2D eigenvalue weighted by molar-refractivity contribution is 7.89. The van der Waals surface area contributed by atoms with E-state index in [1.807, 2.05) is 19.9 Å². The van der Waals surface area contributed by atoms with Crippen molar-refractivity contribution in [2.45, 2.75) is 44.9 Å². The van der Waals surface area contributed by atoms with Crippen molar-refractivity contribution in [3.63, 3.8) is 0 Å². The summed E-state index contributed by atoms with van der Waals surface area (Å²) in [7, 11) is -3.43. The van der Waals surface area contributed by atoms with Gasteiger partial charge in [-0.05, 0) is 54.9 Å². The highest BCUT2D eigenvalue weighted by Gasteiger charge is 2.32. The molecule has 1 aromatic carbocycles. The molecule has 0 bridgehead atoms. The number of hydrogen-bond donors (Lipinski definition) is 0. The van der Waals surface area contributed by atoms with E-state index < -0.39 is 10.0 Å². The van der Waals surface area contributed by atoms with Crippen LogP contribution in [0.15, 0.2) is 17.0 Å². The zero-order valence-corrected chi connectivity index (χ0v) is 14.8. The van der Waals surface area contributed by atoms with Crippen molar-refractivity contribution in [3.05, 3.63) is 28.8 Å². The van der Waals surface area contributed by atoms with E-state index >= 15 is 0 Å². The number of sulfonamides is 1. The Kier molecular flexibility index (Phi) is 5.01. The van der Waals surface area contributed by atoms with Crippen molar-refractivity contribution < 1.29 is 8.42 Å². The third-order valence-electron chi connectivity index (χ3n) is 4.75. The molecule has 2 rings (SSSR count). The number of aryl methyl sites for hydroxylation is 1. The second kappa shape index (κ2) is 6.27. The lowest BCUT2D eigenvalue weighted by Crippen LogP contribution is -2.42. The largest absolute Gasteiger partial charge is 0.243 e. The van der Waals surface area contributed by atoms with Crippen molar-refractivity contribution in [1.29, 1.82) is 0 Å². The smallest absolute Gasteiger partial charge is 0.207 e. The summed E-state index contributed by atoms with van der Waals surface area (Å²) in [5.41, 5.74) is 2.66. The van der Waals surface area contributed by atoms with Crippen LogP contribution in [0.25, 0.3) is 0 Å². The van der Waals surface area contributed by atoms with Gasteiger partial charge in [0.05, 0.1) is 4.90 Å². The van der Waals surface area contributed by atoms with Gasteiger partial charge in [-0.1, -0.05) is 19.9 Å². The van der Waals surface area contributed by atoms with E-state index in [-0.39, 0.29) is 0 Å². The molecular formula is C16H24ClNO2S. The van der Waals surface area contributed by atoms with Crippen molar-refractivity contribution in [2.24, 2.45) is 11.8 Å². The molecule has 0 spiro atoms. The van der Waals surface area contributed by atoms with Gasteiger partial charge in [0.25, 0.3) is 0 Å². The monoisotopic (exact) mass is 329 g/mol. The maximum Gasteiger partial charge on any atom is 0.243 e. The molecule has 1 saturated heterocycles. The van der Waals surface area contributed by atoms with E-state index in [9.17, 15) is 8.42 Å². The van der Waals surface area contributed by atoms with Crippen molar-refractivity contribution in [3.8, 4) is 0 Å². The van der Waals surface area contributed by atoms with Crippen LogP contribution in [0, 0.1) is 25.7 Å². The second-order valence-corrected chi connectivity index (χ2v) is 8.45. The van der Waals surface area contributed by atoms with Gasteiger partial charge in [0, 0.05) is 19.0 Å². The first-order valence-electron chi connectivity index (χ1n) is 7.43. The summed E-state index contributed by atoms with van der Waals surface area (Å²) in [5, 5.41) is 0. The van der Waals surface area contributed by atoms with Crippen LogP contribution >= 0.6 is 11.6 Å². The fourth-order valence-corrected chi connectivity index (χ4v) is 4.88. The van der Waals surface area contributed by atoms with Crippen molar-refractivity contribution in [1.82, 2.24) is 4.31 Å². The molecule has 21 heavy (non-hydrogen) atoms. The van der Waals surface area contributed by atoms with E-state index in [2.05, 4.69) is 13.8 Å². The van der Waals surface area contributed by atoms with Crippen LogP contribution in [-0.2, 0) is 15.9 Å². The highest BCUT2D eigenvalue weighted by Crippen LogP contribution is 2.30. The van der Waals surface area contributed by atoms with Crippen molar-refractivity contribution in [2.75, 3.05) is 13.1 Å². The van der Waals surface area contributed by atoms with E-state index in [0.717, 1.165) is 23.1 Å². The van der Waals surface area contributed by atoms with E-state index in [0.29, 0.717) is 35.7 Å². The lowest BCUT2D eigenvalue weighted by atomic mass is 9.90. The minimum atomic E-state index is -3.43. The number of alkyl halides is 1. The Labute approximate surface area is 133 Å². The number of hydrogen-bond acceptors (Lipinski definition) is 2. The Morgan fingerprint density at radius 1 is 1.24 bits per heavy atom. The maximum absolute atomic E-state index is 13.0. The summed E-state index contributed by atoms with van der Waals surface area (Å²) >= 11 is 5.89. The lowest BCUT2D eigenvalue weighted by Gasteiger charge is -2.34. The first-order valence-corrected chi connectivity index (χ1v) is 9.41. The van der Waals surface area contributed by atoms with Crippen molar-refractivity contribution >= 4 is 21.6 Å². The average Bonchev–Trinajstić information content (AvgIpc) is 2.44. The fourth-order valence-electron chi connectivity index (χ4n) is 2.83. The quantitative estimate of drug-likeness (QED) is 0.793. The molecule has 2 atom stereocenters. The third kappa shape index (κ3) is 3.27. The minimum Gasteiger partial charge on any atom is -0.207 e. The van der Waals surface area contributed by atoms with Gasteiger partial charge in [-0.2, -0.15) is 4.31 Å². The normalized spacial score (nSPS) is 24.2. The van der Waals surface area contributed by atoms with Gasteiger partial charge in [-0.3, -0.25) is 0 Å². The molecule has 118 valence electrons. The first kappa shape index (κ1) is 16.8. The summed E-state index contributed by atoms with van der Waals surface area (Å²) in [6.45, 7) is 9.34. The van der Waals surface area contributed by atoms with Crippen LogP contribution in [0.4, 0.5) is 0 Å². The van der Waals surface area contributed by atoms with Gasteiger partial charge in [0.1, 0.15) is 0 Å². The van der Waals surface area contributed by atoms with Gasteiger partial charge in [-0.25, -0.2) is 8.42 Å². The molecule has 0 radical (unpaired) electrons. The average molecular weight is 330 g/mol. The Hall–Kier alpha value is -0.580. The molecular weight excluding hydrogens is 306 g/mol. The van der Waals surface area contributed by atoms with Crippen LogP contribution in [0.5, 0.6) is 0 Å². The Morgan fingerprint density at radius 3 is 2.48 bits per heavy atom.